The molecule has 1 saturated heterocycles. The average molecular weight is 372 g/mol. The lowest BCUT2D eigenvalue weighted by Crippen LogP contribution is -2.44. The Morgan fingerprint density at radius 3 is 2.46 bits per heavy atom. The van der Waals surface area contributed by atoms with Crippen molar-refractivity contribution in [3.8, 4) is 0 Å². The molecule has 2 fully saturated rings. The molecule has 1 amide bonds. The molecule has 2 aliphatic rings. The summed E-state index contributed by atoms with van der Waals surface area (Å²) in [6.45, 7) is -0.406. The zero-order valence-corrected chi connectivity index (χ0v) is 14.6. The van der Waals surface area contributed by atoms with Gasteiger partial charge in [-0.05, 0) is 31.4 Å². The lowest BCUT2D eigenvalue weighted by Gasteiger charge is -2.28. The van der Waals surface area contributed by atoms with Gasteiger partial charge in [0, 0.05) is 12.1 Å². The average Bonchev–Trinajstić information content (AvgIpc) is 3.29. The number of esters is 1. The number of benzene rings is 1. The number of halogens is 1. The van der Waals surface area contributed by atoms with Gasteiger partial charge in [0.1, 0.15) is 0 Å². The summed E-state index contributed by atoms with van der Waals surface area (Å²) in [5.41, 5.74) is 0.202. The molecule has 1 aromatic carbocycles. The molecule has 0 bridgehead atoms. The van der Waals surface area contributed by atoms with E-state index in [1.54, 1.807) is 23.1 Å². The Kier molecular flexibility index (Phi) is 4.83. The van der Waals surface area contributed by atoms with Crippen molar-refractivity contribution in [2.24, 2.45) is 0 Å². The summed E-state index contributed by atoms with van der Waals surface area (Å²) in [7, 11) is -3.08. The van der Waals surface area contributed by atoms with Gasteiger partial charge in [-0.1, -0.05) is 23.7 Å². The first-order valence-corrected chi connectivity index (χ1v) is 10.0. The first-order chi connectivity index (χ1) is 11.4. The van der Waals surface area contributed by atoms with E-state index in [4.69, 9.17) is 16.3 Å². The number of sulfone groups is 1. The number of nitrogens with zero attached hydrogens (tertiary/aromatic N) is 1. The summed E-state index contributed by atoms with van der Waals surface area (Å²) in [6, 6.07) is 6.20. The Labute approximate surface area is 145 Å². The van der Waals surface area contributed by atoms with Crippen molar-refractivity contribution in [3.63, 3.8) is 0 Å². The van der Waals surface area contributed by atoms with Crippen LogP contribution in [0.5, 0.6) is 0 Å². The number of amides is 1. The Morgan fingerprint density at radius 1 is 1.17 bits per heavy atom. The molecule has 0 radical (unpaired) electrons. The molecule has 24 heavy (non-hydrogen) atoms. The van der Waals surface area contributed by atoms with Crippen LogP contribution in [0.4, 0.5) is 0 Å². The molecule has 0 unspecified atom stereocenters. The van der Waals surface area contributed by atoms with Crippen molar-refractivity contribution in [3.05, 3.63) is 34.9 Å². The molecule has 0 aromatic heterocycles. The van der Waals surface area contributed by atoms with Crippen LogP contribution in [0.25, 0.3) is 0 Å². The largest absolute Gasteiger partial charge is 0.452 e. The fourth-order valence-electron chi connectivity index (χ4n) is 2.96. The molecular formula is C16H18ClNO5S. The zero-order valence-electron chi connectivity index (χ0n) is 13.0. The van der Waals surface area contributed by atoms with Crippen LogP contribution in [0, 0.1) is 0 Å². The zero-order chi connectivity index (χ0) is 17.3. The lowest BCUT2D eigenvalue weighted by atomic mass is 10.2. The monoisotopic (exact) mass is 371 g/mol. The summed E-state index contributed by atoms with van der Waals surface area (Å²) in [6.07, 6.45) is 2.17. The minimum Gasteiger partial charge on any atom is -0.452 e. The molecule has 130 valence electrons. The number of carbonyl (C=O) groups excluding carboxylic acids is 2. The van der Waals surface area contributed by atoms with Gasteiger partial charge in [0.25, 0.3) is 5.91 Å². The van der Waals surface area contributed by atoms with Crippen molar-refractivity contribution in [2.75, 3.05) is 18.1 Å². The number of hydrogen-bond donors (Lipinski definition) is 0. The van der Waals surface area contributed by atoms with Gasteiger partial charge < -0.3 is 9.64 Å². The molecule has 8 heteroatoms. The fourth-order valence-corrected chi connectivity index (χ4v) is 4.88. The van der Waals surface area contributed by atoms with E-state index >= 15 is 0 Å². The molecule has 1 aromatic rings. The van der Waals surface area contributed by atoms with Gasteiger partial charge in [-0.15, -0.1) is 0 Å². The summed E-state index contributed by atoms with van der Waals surface area (Å²) in [4.78, 5) is 26.1. The minimum absolute atomic E-state index is 0.00625. The van der Waals surface area contributed by atoms with Gasteiger partial charge in [0.05, 0.1) is 22.1 Å². The van der Waals surface area contributed by atoms with Gasteiger partial charge >= 0.3 is 5.97 Å². The summed E-state index contributed by atoms with van der Waals surface area (Å²) < 4.78 is 28.4. The van der Waals surface area contributed by atoms with Crippen molar-refractivity contribution >= 4 is 33.3 Å². The van der Waals surface area contributed by atoms with Gasteiger partial charge in [-0.25, -0.2) is 13.2 Å². The highest BCUT2D eigenvalue weighted by Crippen LogP contribution is 2.32. The van der Waals surface area contributed by atoms with Gasteiger partial charge in [0.15, 0.2) is 16.4 Å². The van der Waals surface area contributed by atoms with Crippen LogP contribution in [0.2, 0.25) is 5.02 Å². The third-order valence-corrected chi connectivity index (χ3v) is 6.33. The smallest absolute Gasteiger partial charge is 0.340 e. The molecule has 3 rings (SSSR count). The molecule has 0 N–H and O–H groups in total. The Bertz CT molecular complexity index is 759. The Balaban J connectivity index is 1.63. The molecule has 1 saturated carbocycles. The fraction of sp³-hybridized carbons (Fsp3) is 0.500. The maximum atomic E-state index is 12.5. The van der Waals surface area contributed by atoms with Crippen LogP contribution < -0.4 is 0 Å². The number of carbonyl (C=O) groups is 2. The van der Waals surface area contributed by atoms with Gasteiger partial charge in [-0.2, -0.15) is 0 Å². The van der Waals surface area contributed by atoms with Crippen molar-refractivity contribution in [1.29, 1.82) is 0 Å². The standard InChI is InChI=1S/C16H18ClNO5S/c17-14-4-2-1-3-13(14)16(20)23-9-15(19)18(11-5-6-11)12-7-8-24(21,22)10-12/h1-4,11-12H,5-10H2/t12-/m1/s1. The minimum atomic E-state index is -3.08. The highest BCUT2D eigenvalue weighted by Gasteiger charge is 2.42. The highest BCUT2D eigenvalue weighted by molar-refractivity contribution is 7.91. The van der Waals surface area contributed by atoms with Crippen LogP contribution >= 0.6 is 11.6 Å². The third kappa shape index (κ3) is 3.89. The van der Waals surface area contributed by atoms with Gasteiger partial charge in [-0.3, -0.25) is 4.79 Å². The molecule has 6 nitrogen and oxygen atoms in total. The Hall–Kier alpha value is -1.60. The quantitative estimate of drug-likeness (QED) is 0.735. The van der Waals surface area contributed by atoms with E-state index in [0.29, 0.717) is 6.42 Å². The predicted octanol–water partition coefficient (Wildman–Crippen LogP) is 1.67. The van der Waals surface area contributed by atoms with Crippen LogP contribution in [0.1, 0.15) is 29.6 Å². The van der Waals surface area contributed by atoms with Crippen LogP contribution in [0.3, 0.4) is 0 Å². The number of ether oxygens (including phenoxy) is 1. The molecular weight excluding hydrogens is 354 g/mol. The van der Waals surface area contributed by atoms with Crippen LogP contribution in [-0.2, 0) is 19.4 Å². The topological polar surface area (TPSA) is 80.8 Å². The van der Waals surface area contributed by atoms with E-state index in [-0.39, 0.29) is 40.1 Å². The molecule has 1 aliphatic heterocycles. The summed E-state index contributed by atoms with van der Waals surface area (Å²) in [5.74, 6) is -0.912. The second-order valence-electron chi connectivity index (χ2n) is 6.15. The van der Waals surface area contributed by atoms with Crippen molar-refractivity contribution in [1.82, 2.24) is 4.90 Å². The van der Waals surface area contributed by atoms with Crippen molar-refractivity contribution in [2.45, 2.75) is 31.3 Å². The summed E-state index contributed by atoms with van der Waals surface area (Å²) in [5, 5.41) is 0.260. The number of hydrogen-bond acceptors (Lipinski definition) is 5. The first kappa shape index (κ1) is 17.2. The predicted molar refractivity (Wildman–Crippen MR) is 88.7 cm³/mol. The van der Waals surface area contributed by atoms with Crippen molar-refractivity contribution < 1.29 is 22.7 Å². The Morgan fingerprint density at radius 2 is 1.88 bits per heavy atom. The number of rotatable bonds is 5. The van der Waals surface area contributed by atoms with E-state index in [0.717, 1.165) is 12.8 Å². The summed E-state index contributed by atoms with van der Waals surface area (Å²) >= 11 is 5.93. The van der Waals surface area contributed by atoms with E-state index < -0.39 is 22.4 Å². The van der Waals surface area contributed by atoms with E-state index in [1.807, 2.05) is 0 Å². The normalized spacial score (nSPS) is 22.1. The lowest BCUT2D eigenvalue weighted by molar-refractivity contribution is -0.137. The molecule has 0 spiro atoms. The van der Waals surface area contributed by atoms with E-state index in [9.17, 15) is 18.0 Å². The van der Waals surface area contributed by atoms with Gasteiger partial charge in [0.2, 0.25) is 0 Å². The third-order valence-electron chi connectivity index (χ3n) is 4.25. The first-order valence-electron chi connectivity index (χ1n) is 7.80. The van der Waals surface area contributed by atoms with Crippen LogP contribution in [0.15, 0.2) is 24.3 Å². The maximum absolute atomic E-state index is 12.5. The van der Waals surface area contributed by atoms with Crippen LogP contribution in [-0.4, -0.2) is 55.4 Å². The SMILES string of the molecule is O=C(OCC(=O)N(C1CC1)[C@@H]1CCS(=O)(=O)C1)c1ccccc1Cl. The molecule has 1 atom stereocenters. The highest BCUT2D eigenvalue weighted by atomic mass is 35.5. The molecule has 1 heterocycles. The second-order valence-corrected chi connectivity index (χ2v) is 8.78. The second kappa shape index (κ2) is 6.72. The molecule has 1 aliphatic carbocycles. The van der Waals surface area contributed by atoms with E-state index in [1.165, 1.54) is 6.07 Å². The maximum Gasteiger partial charge on any atom is 0.340 e. The van der Waals surface area contributed by atoms with E-state index in [2.05, 4.69) is 0 Å².